The lowest BCUT2D eigenvalue weighted by atomic mass is 9.46. The van der Waals surface area contributed by atoms with Gasteiger partial charge in [-0.3, -0.25) is 41.8 Å². The first-order valence-electron chi connectivity index (χ1n) is 40.5. The number of ether oxygens (including phenoxy) is 2. The molecule has 0 radical (unpaired) electrons. The number of carboxylic acid groups (broad SMARTS) is 1. The Balaban J connectivity index is 0.000000108. The first-order chi connectivity index (χ1) is 55.4. The molecule has 2 saturated heterocycles. The second-order valence-corrected chi connectivity index (χ2v) is 35.9. The number of pyridine rings is 3. The molecular formula is C80H92N26O9. The van der Waals surface area contributed by atoms with Crippen molar-refractivity contribution in [3.8, 4) is 0 Å². The Morgan fingerprint density at radius 3 is 1.00 bits per heavy atom. The second kappa shape index (κ2) is 25.8. The van der Waals surface area contributed by atoms with Crippen molar-refractivity contribution in [3.63, 3.8) is 0 Å². The summed E-state index contributed by atoms with van der Waals surface area (Å²) < 4.78 is 26.7. The number of hydrogen-bond acceptors (Lipinski definition) is 23. The average molecular weight is 1560 g/mol. The largest absolute Gasteiger partial charge is 0.481 e. The summed E-state index contributed by atoms with van der Waals surface area (Å²) in [7, 11) is 5.30. The maximum Gasteiger partial charge on any atom is 0.330 e. The third-order valence-corrected chi connectivity index (χ3v) is 28.5. The molecule has 14 heterocycles. The first kappa shape index (κ1) is 71.4. The van der Waals surface area contributed by atoms with E-state index in [0.717, 1.165) is 134 Å². The summed E-state index contributed by atoms with van der Waals surface area (Å²) in [6.45, 7) is 10.9. The number of aryl methyl sites for hydroxylation is 6. The van der Waals surface area contributed by atoms with Crippen LogP contribution >= 0.6 is 0 Å². The van der Waals surface area contributed by atoms with Gasteiger partial charge in [-0.2, -0.15) is 30.2 Å². The Morgan fingerprint density at radius 1 is 0.417 bits per heavy atom. The van der Waals surface area contributed by atoms with E-state index in [1.54, 1.807) is 71.5 Å². The van der Waals surface area contributed by atoms with Crippen molar-refractivity contribution < 1.29 is 29.0 Å². The molecule has 35 nitrogen and oxygen atoms in total. The zero-order chi connectivity index (χ0) is 78.6. The van der Waals surface area contributed by atoms with Crippen LogP contribution in [0.25, 0.3) is 50.4 Å². The maximum absolute atomic E-state index is 14.1. The van der Waals surface area contributed by atoms with E-state index in [4.69, 9.17) is 24.4 Å². The smallest absolute Gasteiger partial charge is 0.330 e. The lowest BCUT2D eigenvalue weighted by molar-refractivity contribution is -0.172. The molecule has 0 spiro atoms. The van der Waals surface area contributed by atoms with Gasteiger partial charge in [-0.05, 0) is 207 Å². The number of imidazole rings is 3. The molecule has 12 aromatic rings. The van der Waals surface area contributed by atoms with Gasteiger partial charge in [-0.15, -0.1) is 0 Å². The normalized spacial score (nSPS) is 29.4. The maximum atomic E-state index is 14.1. The van der Waals surface area contributed by atoms with Crippen molar-refractivity contribution in [2.45, 2.75) is 153 Å². The van der Waals surface area contributed by atoms with Crippen LogP contribution < -0.4 is 33.0 Å². The number of carbonyl (C=O) groups excluding carboxylic acids is 2. The standard InChI is InChI=1S/2C28H33N9O3.C24H26N8O3/c2*1-17-7-22-30-16-31-36(22)14-20(17)32-25-29-13-21-23(33-25)37(26(39)34(21)2)28-11-18-8-19(12-28)10-27(9-18,15-28)24(38)35-3-5-40-6-4-35;1-13-3-18-26-12-27-31(18)10-16(13)28-21-25-9-17-19(29-21)32(22(35)30(17)2)24-7-14-4-15(8-24)6-23(5-14,11-24)20(33)34/h2*7,13-14,16,18-19H,3-6,8-12,15H2,1-2H3,(H,29,32,33);3,9-10,12,14-15H,4-8,11H2,1-2H3,(H,33,34)(H,25,28,29). The Labute approximate surface area is 656 Å². The van der Waals surface area contributed by atoms with Gasteiger partial charge in [0.1, 0.15) is 35.5 Å². The third kappa shape index (κ3) is 11.3. The number of morpholine rings is 2. The fourth-order valence-electron chi connectivity index (χ4n) is 24.8. The number of aromatic nitrogens is 21. The predicted molar refractivity (Wildman–Crippen MR) is 419 cm³/mol. The number of hydrogen-bond donors (Lipinski definition) is 4. The monoisotopic (exact) mass is 1560 g/mol. The van der Waals surface area contributed by atoms with Crippen LogP contribution in [0.5, 0.6) is 0 Å². The molecule has 4 N–H and O–H groups in total. The van der Waals surface area contributed by atoms with Crippen LogP contribution in [0.2, 0.25) is 0 Å². The molecule has 115 heavy (non-hydrogen) atoms. The molecule has 0 aromatic carbocycles. The molecule has 14 fully saturated rings. The van der Waals surface area contributed by atoms with Crippen molar-refractivity contribution in [2.75, 3.05) is 68.6 Å². The number of carboxylic acids is 1. The number of nitrogens with zero attached hydrogens (tertiary/aromatic N) is 23. The molecule has 12 bridgehead atoms. The summed E-state index contributed by atoms with van der Waals surface area (Å²) in [5.74, 6) is 3.40. The van der Waals surface area contributed by atoms with Gasteiger partial charge in [0.05, 0.1) is 114 Å². The topological polar surface area (TPSA) is 381 Å². The van der Waals surface area contributed by atoms with Crippen molar-refractivity contribution in [1.82, 2.24) is 111 Å². The van der Waals surface area contributed by atoms with E-state index in [-0.39, 0.29) is 28.9 Å². The van der Waals surface area contributed by atoms with Gasteiger partial charge in [-0.25, -0.2) is 57.8 Å². The zero-order valence-corrected chi connectivity index (χ0v) is 65.3. The number of amides is 2. The number of rotatable bonds is 12. The van der Waals surface area contributed by atoms with Crippen molar-refractivity contribution in [3.05, 3.63) is 123 Å². The molecule has 6 unspecified atom stereocenters. The van der Waals surface area contributed by atoms with E-state index in [1.807, 2.05) is 76.5 Å². The fourth-order valence-corrected chi connectivity index (χ4v) is 24.8. The molecule has 35 heteroatoms. The van der Waals surface area contributed by atoms with Crippen LogP contribution in [0.4, 0.5) is 34.9 Å². The van der Waals surface area contributed by atoms with Crippen molar-refractivity contribution >= 4 is 103 Å². The summed E-state index contributed by atoms with van der Waals surface area (Å²) in [4.78, 5) is 127. The van der Waals surface area contributed by atoms with E-state index in [0.29, 0.717) is 172 Å². The molecule has 596 valence electrons. The Kier molecular flexibility index (Phi) is 16.0. The van der Waals surface area contributed by atoms with E-state index >= 15 is 0 Å². The van der Waals surface area contributed by atoms with Gasteiger partial charge >= 0.3 is 23.0 Å². The van der Waals surface area contributed by atoms with Gasteiger partial charge in [-0.1, -0.05) is 0 Å². The van der Waals surface area contributed by atoms with Gasteiger partial charge < -0.3 is 40.3 Å². The highest BCUT2D eigenvalue weighted by Crippen LogP contribution is 2.68. The molecule has 12 aliphatic carbocycles. The van der Waals surface area contributed by atoms with E-state index < -0.39 is 38.8 Å². The van der Waals surface area contributed by atoms with Crippen molar-refractivity contribution in [2.24, 2.45) is 72.9 Å². The fraction of sp³-hybridized carbons (Fsp3) is 0.550. The zero-order valence-electron chi connectivity index (χ0n) is 65.3. The van der Waals surface area contributed by atoms with Crippen LogP contribution in [0, 0.1) is 72.5 Å². The minimum absolute atomic E-state index is 0.0856. The first-order valence-corrected chi connectivity index (χ1v) is 40.5. The second-order valence-electron chi connectivity index (χ2n) is 35.9. The molecule has 12 aromatic heterocycles. The Hall–Kier alpha value is -11.4. The molecule has 12 saturated carbocycles. The quantitative estimate of drug-likeness (QED) is 0.0927. The number of fused-ring (bicyclic) bond motifs is 6. The molecule has 6 atom stereocenters. The van der Waals surface area contributed by atoms with Crippen LogP contribution in [0.15, 0.2) is 88.7 Å². The number of nitrogens with one attached hydrogen (secondary N) is 3. The molecule has 2 amide bonds. The Morgan fingerprint density at radius 2 is 0.704 bits per heavy atom. The summed E-state index contributed by atoms with van der Waals surface area (Å²) in [6.07, 6.45) is 30.8. The molecular weight excluding hydrogens is 1470 g/mol. The highest BCUT2D eigenvalue weighted by molar-refractivity contribution is 5.85. The van der Waals surface area contributed by atoms with Gasteiger partial charge in [0.25, 0.3) is 0 Å². The summed E-state index contributed by atoms with van der Waals surface area (Å²) >= 11 is 0. The lowest BCUT2D eigenvalue weighted by Crippen LogP contribution is -2.63. The minimum atomic E-state index is -0.746. The SMILES string of the molecule is Cc1cc2ncnn2cc1Nc1ncc2c(n1)n(C13CC4CC(CC(C(=O)N5CCOCC5)(C4)C1)C3)c(=O)n2C.Cc1cc2ncnn2cc1Nc1ncc2c(n1)n(C13CC4CC(CC(C(=O)N5CCOCC5)(C4)C1)C3)c(=O)n2C.Cc1cc2ncnn2cc1Nc1ncc2c(n1)n(C13CC4CC(CC(C(=O)O)(C4)C1)C3)c(=O)n2C. The van der Waals surface area contributed by atoms with Gasteiger partial charge in [0, 0.05) is 47.3 Å². The van der Waals surface area contributed by atoms with Crippen LogP contribution in [0.1, 0.15) is 132 Å². The highest BCUT2D eigenvalue weighted by atomic mass is 16.5. The van der Waals surface area contributed by atoms with E-state index in [2.05, 4.69) is 61.2 Å². The molecule has 2 aliphatic heterocycles. The van der Waals surface area contributed by atoms with Crippen LogP contribution in [-0.4, -0.2) is 186 Å². The molecule has 26 rings (SSSR count). The highest BCUT2D eigenvalue weighted by Gasteiger charge is 2.66. The van der Waals surface area contributed by atoms with Crippen LogP contribution in [-0.2, 0) is 61.6 Å². The lowest BCUT2D eigenvalue weighted by Gasteiger charge is -2.62. The van der Waals surface area contributed by atoms with Gasteiger partial charge in [0.15, 0.2) is 33.9 Å². The van der Waals surface area contributed by atoms with Crippen LogP contribution in [0.3, 0.4) is 0 Å². The predicted octanol–water partition coefficient (Wildman–Crippen LogP) is 7.36. The van der Waals surface area contributed by atoms with Crippen molar-refractivity contribution in [1.29, 1.82) is 0 Å². The molecule has 14 aliphatic rings. The number of anilines is 6. The van der Waals surface area contributed by atoms with E-state index in [9.17, 15) is 33.9 Å². The average Bonchev–Trinajstić information content (AvgIpc) is 1.68. The summed E-state index contributed by atoms with van der Waals surface area (Å²) in [6, 6.07) is 5.83. The summed E-state index contributed by atoms with van der Waals surface area (Å²) in [5.41, 5.74) is 8.17. The Bertz CT molecular complexity index is 5940. The number of aliphatic carboxylic acids is 1. The van der Waals surface area contributed by atoms with Gasteiger partial charge in [0.2, 0.25) is 29.7 Å². The minimum Gasteiger partial charge on any atom is -0.481 e. The number of carbonyl (C=O) groups is 3. The summed E-state index contributed by atoms with van der Waals surface area (Å²) in [5, 5.41) is 32.8. The van der Waals surface area contributed by atoms with E-state index in [1.165, 1.54) is 19.0 Å². The third-order valence-electron chi connectivity index (χ3n) is 28.5.